The van der Waals surface area contributed by atoms with Crippen molar-refractivity contribution in [2.24, 2.45) is 0 Å². The highest BCUT2D eigenvalue weighted by molar-refractivity contribution is 5.99. The number of anilines is 2. The van der Waals surface area contributed by atoms with Gasteiger partial charge in [-0.3, -0.25) is 0 Å². The van der Waals surface area contributed by atoms with Gasteiger partial charge in [-0.1, -0.05) is 42.5 Å². The number of para-hydroxylation sites is 1. The minimum Gasteiger partial charge on any atom is -0.440 e. The molecule has 1 atom stereocenters. The van der Waals surface area contributed by atoms with Crippen molar-refractivity contribution in [1.29, 1.82) is 0 Å². The molecule has 0 radical (unpaired) electrons. The standard InChI is InChI=1S/C29H31N3O2/c1-7-32-19(2)27(22-13-9-11-15-25(22)32)29(23-14-10-8-12-21(23)28(33)34-29)24-17-16-20(30(3)4)18-26(24)31(5)6/h8-18H,7H2,1-6H3. The van der Waals surface area contributed by atoms with Crippen molar-refractivity contribution in [2.45, 2.75) is 26.0 Å². The lowest BCUT2D eigenvalue weighted by atomic mass is 9.77. The van der Waals surface area contributed by atoms with E-state index in [0.717, 1.165) is 51.2 Å². The summed E-state index contributed by atoms with van der Waals surface area (Å²) in [6.07, 6.45) is 0. The molecule has 3 aromatic carbocycles. The van der Waals surface area contributed by atoms with E-state index < -0.39 is 5.60 Å². The highest BCUT2D eigenvalue weighted by Crippen LogP contribution is 2.53. The lowest BCUT2D eigenvalue weighted by molar-refractivity contribution is 0.0255. The maximum absolute atomic E-state index is 13.4. The topological polar surface area (TPSA) is 37.7 Å². The quantitative estimate of drug-likeness (QED) is 0.371. The van der Waals surface area contributed by atoms with Crippen molar-refractivity contribution < 1.29 is 9.53 Å². The minimum absolute atomic E-state index is 0.287. The van der Waals surface area contributed by atoms with Crippen molar-refractivity contribution >= 4 is 28.2 Å². The predicted molar refractivity (Wildman–Crippen MR) is 139 cm³/mol. The minimum atomic E-state index is -1.05. The van der Waals surface area contributed by atoms with Crippen LogP contribution in [0, 0.1) is 6.92 Å². The monoisotopic (exact) mass is 453 g/mol. The number of carbonyl (C=O) groups is 1. The highest BCUT2D eigenvalue weighted by atomic mass is 16.6. The molecule has 0 saturated carbocycles. The largest absolute Gasteiger partial charge is 0.440 e. The lowest BCUT2D eigenvalue weighted by Gasteiger charge is -2.34. The van der Waals surface area contributed by atoms with Crippen molar-refractivity contribution in [2.75, 3.05) is 38.0 Å². The van der Waals surface area contributed by atoms with Gasteiger partial charge in [0.25, 0.3) is 0 Å². The second-order valence-electron chi connectivity index (χ2n) is 9.33. The van der Waals surface area contributed by atoms with E-state index in [4.69, 9.17) is 4.74 Å². The van der Waals surface area contributed by atoms with Crippen LogP contribution in [0.1, 0.15) is 39.7 Å². The third kappa shape index (κ3) is 2.96. The van der Waals surface area contributed by atoms with E-state index in [2.05, 4.69) is 70.7 Å². The van der Waals surface area contributed by atoms with E-state index in [0.29, 0.717) is 5.56 Å². The summed E-state index contributed by atoms with van der Waals surface area (Å²) in [5.41, 5.74) is 6.81. The Morgan fingerprint density at radius 1 is 0.882 bits per heavy atom. The number of aromatic nitrogens is 1. The molecule has 4 aromatic rings. The SMILES string of the molecule is CCn1c(C)c(C2(c3ccc(N(C)C)cc3N(C)C)OC(=O)c3ccccc32)c2ccccc21. The van der Waals surface area contributed by atoms with E-state index >= 15 is 0 Å². The van der Waals surface area contributed by atoms with Gasteiger partial charge in [-0.2, -0.15) is 0 Å². The zero-order chi connectivity index (χ0) is 24.2. The first-order valence-corrected chi connectivity index (χ1v) is 11.7. The molecular formula is C29H31N3O2. The molecule has 5 nitrogen and oxygen atoms in total. The van der Waals surface area contributed by atoms with Gasteiger partial charge in [0.15, 0.2) is 5.60 Å². The van der Waals surface area contributed by atoms with Crippen LogP contribution < -0.4 is 9.80 Å². The molecule has 174 valence electrons. The fraction of sp³-hybridized carbons (Fsp3) is 0.276. The van der Waals surface area contributed by atoms with Gasteiger partial charge in [-0.15, -0.1) is 0 Å². The Balaban J connectivity index is 1.96. The third-order valence-electron chi connectivity index (χ3n) is 7.03. The zero-order valence-corrected chi connectivity index (χ0v) is 20.7. The Morgan fingerprint density at radius 3 is 2.29 bits per heavy atom. The Labute approximate surface area is 201 Å². The molecule has 0 bridgehead atoms. The molecule has 0 aliphatic carbocycles. The fourth-order valence-electron chi connectivity index (χ4n) is 5.49. The number of aryl methyl sites for hydroxylation is 1. The smallest absolute Gasteiger partial charge is 0.340 e. The number of nitrogens with zero attached hydrogens (tertiary/aromatic N) is 3. The number of esters is 1. The molecule has 34 heavy (non-hydrogen) atoms. The summed E-state index contributed by atoms with van der Waals surface area (Å²) < 4.78 is 8.85. The van der Waals surface area contributed by atoms with Crippen molar-refractivity contribution in [3.63, 3.8) is 0 Å². The first-order chi connectivity index (χ1) is 16.3. The highest BCUT2D eigenvalue weighted by Gasteiger charge is 2.52. The summed E-state index contributed by atoms with van der Waals surface area (Å²) in [5.74, 6) is -0.287. The first-order valence-electron chi connectivity index (χ1n) is 11.7. The lowest BCUT2D eigenvalue weighted by Crippen LogP contribution is -2.32. The molecule has 2 heterocycles. The van der Waals surface area contributed by atoms with Crippen LogP contribution in [0.2, 0.25) is 0 Å². The maximum atomic E-state index is 13.4. The summed E-state index contributed by atoms with van der Waals surface area (Å²) in [5, 5.41) is 1.10. The van der Waals surface area contributed by atoms with E-state index in [1.54, 1.807) is 0 Å². The Bertz CT molecular complexity index is 1420. The van der Waals surface area contributed by atoms with Gasteiger partial charge in [0.05, 0.1) is 5.56 Å². The van der Waals surface area contributed by atoms with Gasteiger partial charge in [-0.25, -0.2) is 4.79 Å². The average molecular weight is 454 g/mol. The fourth-order valence-corrected chi connectivity index (χ4v) is 5.49. The number of cyclic esters (lactones) is 1. The zero-order valence-electron chi connectivity index (χ0n) is 20.7. The van der Waals surface area contributed by atoms with E-state index in [9.17, 15) is 4.79 Å². The Morgan fingerprint density at radius 2 is 1.59 bits per heavy atom. The van der Waals surface area contributed by atoms with E-state index in [1.165, 1.54) is 0 Å². The molecule has 1 aromatic heterocycles. The normalized spacial score (nSPS) is 17.1. The predicted octanol–water partition coefficient (Wildman–Crippen LogP) is 5.56. The summed E-state index contributed by atoms with van der Waals surface area (Å²) >= 11 is 0. The van der Waals surface area contributed by atoms with Gasteiger partial charge >= 0.3 is 5.97 Å². The van der Waals surface area contributed by atoms with E-state index in [1.807, 2.05) is 52.5 Å². The molecule has 0 fully saturated rings. The van der Waals surface area contributed by atoms with Crippen molar-refractivity contribution in [3.8, 4) is 0 Å². The van der Waals surface area contributed by atoms with Gasteiger partial charge in [0.1, 0.15) is 0 Å². The molecule has 1 unspecified atom stereocenters. The molecule has 5 heteroatoms. The molecule has 0 amide bonds. The number of ether oxygens (including phenoxy) is 1. The number of hydrogen-bond acceptors (Lipinski definition) is 4. The third-order valence-corrected chi connectivity index (χ3v) is 7.03. The summed E-state index contributed by atoms with van der Waals surface area (Å²) in [4.78, 5) is 17.6. The molecule has 0 N–H and O–H groups in total. The Hall–Kier alpha value is -3.73. The molecular weight excluding hydrogens is 422 g/mol. The van der Waals surface area contributed by atoms with Crippen LogP contribution >= 0.6 is 0 Å². The van der Waals surface area contributed by atoms with Gasteiger partial charge in [0.2, 0.25) is 0 Å². The van der Waals surface area contributed by atoms with Crippen LogP contribution in [-0.4, -0.2) is 38.7 Å². The van der Waals surface area contributed by atoms with Crippen LogP contribution in [0.5, 0.6) is 0 Å². The second-order valence-corrected chi connectivity index (χ2v) is 9.33. The average Bonchev–Trinajstić information content (AvgIpc) is 3.29. The van der Waals surface area contributed by atoms with Crippen molar-refractivity contribution in [3.05, 3.63) is 94.7 Å². The van der Waals surface area contributed by atoms with Gasteiger partial charge in [0, 0.05) is 79.4 Å². The van der Waals surface area contributed by atoms with E-state index in [-0.39, 0.29) is 5.97 Å². The molecule has 5 rings (SSSR count). The number of fused-ring (bicyclic) bond motifs is 2. The van der Waals surface area contributed by atoms with Crippen molar-refractivity contribution in [1.82, 2.24) is 4.57 Å². The van der Waals surface area contributed by atoms with Gasteiger partial charge in [-0.05, 0) is 38.1 Å². The Kier molecular flexibility index (Phi) is 5.16. The van der Waals surface area contributed by atoms with Crippen LogP contribution in [0.3, 0.4) is 0 Å². The van der Waals surface area contributed by atoms with Crippen LogP contribution in [-0.2, 0) is 16.9 Å². The first kappa shape index (κ1) is 22.1. The summed E-state index contributed by atoms with van der Waals surface area (Å²) in [7, 11) is 8.15. The summed E-state index contributed by atoms with van der Waals surface area (Å²) in [6.45, 7) is 5.12. The number of benzene rings is 3. The van der Waals surface area contributed by atoms with Crippen LogP contribution in [0.4, 0.5) is 11.4 Å². The molecule has 0 spiro atoms. The number of rotatable bonds is 5. The maximum Gasteiger partial charge on any atom is 0.340 e. The molecule has 1 aliphatic heterocycles. The molecule has 1 aliphatic rings. The van der Waals surface area contributed by atoms with Crippen LogP contribution in [0.15, 0.2) is 66.7 Å². The van der Waals surface area contributed by atoms with Crippen LogP contribution in [0.25, 0.3) is 10.9 Å². The van der Waals surface area contributed by atoms with Gasteiger partial charge < -0.3 is 19.1 Å². The summed E-state index contributed by atoms with van der Waals surface area (Å²) in [6, 6.07) is 22.6. The number of carbonyl (C=O) groups excluding carboxylic acids is 1. The second kappa shape index (κ2) is 7.94. The number of hydrogen-bond donors (Lipinski definition) is 0. The molecule has 0 saturated heterocycles.